The minimum atomic E-state index is -0.967. The molecule has 0 fully saturated rings. The lowest BCUT2D eigenvalue weighted by molar-refractivity contribution is 0.416. The normalized spacial score (nSPS) is 10.7. The predicted octanol–water partition coefficient (Wildman–Crippen LogP) is 4.88. The molecule has 0 atom stereocenters. The van der Waals surface area contributed by atoms with Crippen LogP contribution in [-0.2, 0) is 0 Å². The molecule has 0 aliphatic heterocycles. The Balaban J connectivity index is 2.21. The topological polar surface area (TPSA) is 9.23 Å². The van der Waals surface area contributed by atoms with Crippen LogP contribution in [0.5, 0.6) is 11.5 Å². The quantitative estimate of drug-likeness (QED) is 0.752. The van der Waals surface area contributed by atoms with Gasteiger partial charge in [-0.3, -0.25) is 0 Å². The third kappa shape index (κ3) is 2.67. The van der Waals surface area contributed by atoms with E-state index in [2.05, 4.69) is 13.8 Å². The molecule has 0 N–H and O–H groups in total. The van der Waals surface area contributed by atoms with Gasteiger partial charge in [-0.1, -0.05) is 32.0 Å². The van der Waals surface area contributed by atoms with Gasteiger partial charge in [0.05, 0.1) is 0 Å². The SMILES string of the molecule is CC(C)c1ccc(Oc2cccc(F)c2F)cc1. The van der Waals surface area contributed by atoms with Gasteiger partial charge in [-0.05, 0) is 35.7 Å². The Morgan fingerprint density at radius 2 is 1.61 bits per heavy atom. The van der Waals surface area contributed by atoms with Gasteiger partial charge in [-0.2, -0.15) is 4.39 Å². The van der Waals surface area contributed by atoms with Gasteiger partial charge < -0.3 is 4.74 Å². The lowest BCUT2D eigenvalue weighted by Gasteiger charge is -2.09. The lowest BCUT2D eigenvalue weighted by Crippen LogP contribution is -1.92. The van der Waals surface area contributed by atoms with Crippen LogP contribution in [0.2, 0.25) is 0 Å². The molecule has 0 heterocycles. The van der Waals surface area contributed by atoms with E-state index in [0.29, 0.717) is 11.7 Å². The van der Waals surface area contributed by atoms with Crippen molar-refractivity contribution in [2.45, 2.75) is 19.8 Å². The average molecular weight is 248 g/mol. The number of rotatable bonds is 3. The minimum absolute atomic E-state index is 0.104. The average Bonchev–Trinajstić information content (AvgIpc) is 2.36. The summed E-state index contributed by atoms with van der Waals surface area (Å²) < 4.78 is 31.7. The van der Waals surface area contributed by atoms with Gasteiger partial charge in [0.25, 0.3) is 0 Å². The van der Waals surface area contributed by atoms with Gasteiger partial charge in [0.2, 0.25) is 5.82 Å². The first-order valence-electron chi connectivity index (χ1n) is 5.79. The van der Waals surface area contributed by atoms with Crippen LogP contribution in [0.4, 0.5) is 8.78 Å². The highest BCUT2D eigenvalue weighted by atomic mass is 19.2. The highest BCUT2D eigenvalue weighted by Gasteiger charge is 2.09. The molecule has 0 spiro atoms. The third-order valence-corrected chi connectivity index (χ3v) is 2.69. The molecule has 1 nitrogen and oxygen atoms in total. The molecule has 0 saturated heterocycles. The van der Waals surface area contributed by atoms with E-state index in [9.17, 15) is 8.78 Å². The molecule has 2 aromatic rings. The van der Waals surface area contributed by atoms with Gasteiger partial charge in [-0.15, -0.1) is 0 Å². The highest BCUT2D eigenvalue weighted by Crippen LogP contribution is 2.27. The van der Waals surface area contributed by atoms with Crippen LogP contribution in [-0.4, -0.2) is 0 Å². The number of halogens is 2. The van der Waals surface area contributed by atoms with E-state index in [1.54, 1.807) is 12.1 Å². The van der Waals surface area contributed by atoms with Gasteiger partial charge in [-0.25, -0.2) is 4.39 Å². The second-order valence-corrected chi connectivity index (χ2v) is 4.38. The Bertz CT molecular complexity index is 533. The molecule has 18 heavy (non-hydrogen) atoms. The number of hydrogen-bond acceptors (Lipinski definition) is 1. The molecule has 3 heteroatoms. The maximum Gasteiger partial charge on any atom is 0.201 e. The van der Waals surface area contributed by atoms with E-state index in [-0.39, 0.29) is 5.75 Å². The molecule has 0 amide bonds. The summed E-state index contributed by atoms with van der Waals surface area (Å²) in [5, 5.41) is 0. The highest BCUT2D eigenvalue weighted by molar-refractivity contribution is 5.34. The maximum atomic E-state index is 13.4. The van der Waals surface area contributed by atoms with E-state index >= 15 is 0 Å². The molecule has 0 aromatic heterocycles. The van der Waals surface area contributed by atoms with Crippen LogP contribution in [0.1, 0.15) is 25.3 Å². The number of hydrogen-bond donors (Lipinski definition) is 0. The van der Waals surface area contributed by atoms with Gasteiger partial charge in [0, 0.05) is 0 Å². The molecule has 0 unspecified atom stereocenters. The first kappa shape index (κ1) is 12.6. The van der Waals surface area contributed by atoms with E-state index in [0.717, 1.165) is 6.07 Å². The molecule has 0 aliphatic carbocycles. The molecule has 94 valence electrons. The second-order valence-electron chi connectivity index (χ2n) is 4.38. The molecule has 0 saturated carbocycles. The Labute approximate surface area is 105 Å². The second kappa shape index (κ2) is 5.17. The van der Waals surface area contributed by atoms with Crippen molar-refractivity contribution >= 4 is 0 Å². The fourth-order valence-electron chi connectivity index (χ4n) is 1.61. The molecule has 0 radical (unpaired) electrons. The number of ether oxygens (including phenoxy) is 1. The van der Waals surface area contributed by atoms with Crippen molar-refractivity contribution in [3.8, 4) is 11.5 Å². The standard InChI is InChI=1S/C15H14F2O/c1-10(2)11-6-8-12(9-7-11)18-14-5-3-4-13(16)15(14)17/h3-10H,1-2H3. The van der Waals surface area contributed by atoms with Crippen LogP contribution in [0.25, 0.3) is 0 Å². The van der Waals surface area contributed by atoms with E-state index in [4.69, 9.17) is 4.74 Å². The lowest BCUT2D eigenvalue weighted by atomic mass is 10.0. The van der Waals surface area contributed by atoms with Crippen LogP contribution in [0.3, 0.4) is 0 Å². The summed E-state index contributed by atoms with van der Waals surface area (Å²) in [7, 11) is 0. The van der Waals surface area contributed by atoms with Crippen LogP contribution >= 0.6 is 0 Å². The summed E-state index contributed by atoms with van der Waals surface area (Å²) in [5.74, 6) is -1.07. The van der Waals surface area contributed by atoms with Crippen molar-refractivity contribution in [2.75, 3.05) is 0 Å². The largest absolute Gasteiger partial charge is 0.454 e. The third-order valence-electron chi connectivity index (χ3n) is 2.69. The minimum Gasteiger partial charge on any atom is -0.454 e. The molecule has 2 aromatic carbocycles. The van der Waals surface area contributed by atoms with Crippen molar-refractivity contribution in [3.63, 3.8) is 0 Å². The fraction of sp³-hybridized carbons (Fsp3) is 0.200. The van der Waals surface area contributed by atoms with Crippen molar-refractivity contribution < 1.29 is 13.5 Å². The van der Waals surface area contributed by atoms with Crippen molar-refractivity contribution in [2.24, 2.45) is 0 Å². The van der Waals surface area contributed by atoms with Crippen LogP contribution in [0, 0.1) is 11.6 Å². The Morgan fingerprint density at radius 1 is 0.944 bits per heavy atom. The smallest absolute Gasteiger partial charge is 0.201 e. The summed E-state index contributed by atoms with van der Waals surface area (Å²) >= 11 is 0. The van der Waals surface area contributed by atoms with Crippen LogP contribution < -0.4 is 4.74 Å². The zero-order chi connectivity index (χ0) is 13.1. The van der Waals surface area contributed by atoms with E-state index in [1.165, 1.54) is 17.7 Å². The van der Waals surface area contributed by atoms with E-state index in [1.807, 2.05) is 12.1 Å². The first-order chi connectivity index (χ1) is 8.58. The monoisotopic (exact) mass is 248 g/mol. The first-order valence-corrected chi connectivity index (χ1v) is 5.79. The maximum absolute atomic E-state index is 13.4. The number of benzene rings is 2. The predicted molar refractivity (Wildman–Crippen MR) is 67.0 cm³/mol. The van der Waals surface area contributed by atoms with E-state index < -0.39 is 11.6 Å². The Kier molecular flexibility index (Phi) is 3.60. The summed E-state index contributed by atoms with van der Waals surface area (Å²) in [6.07, 6.45) is 0. The van der Waals surface area contributed by atoms with Crippen molar-refractivity contribution in [1.82, 2.24) is 0 Å². The Morgan fingerprint density at radius 3 is 2.22 bits per heavy atom. The summed E-state index contributed by atoms with van der Waals surface area (Å²) in [6, 6.07) is 11.2. The Hall–Kier alpha value is -1.90. The molecule has 2 rings (SSSR count). The molecular formula is C15H14F2O. The fourth-order valence-corrected chi connectivity index (χ4v) is 1.61. The van der Waals surface area contributed by atoms with Crippen molar-refractivity contribution in [1.29, 1.82) is 0 Å². The zero-order valence-corrected chi connectivity index (χ0v) is 10.3. The summed E-state index contributed by atoms with van der Waals surface area (Å²) in [6.45, 7) is 4.17. The van der Waals surface area contributed by atoms with Gasteiger partial charge in [0.15, 0.2) is 11.6 Å². The molecule has 0 aliphatic rings. The zero-order valence-electron chi connectivity index (χ0n) is 10.3. The van der Waals surface area contributed by atoms with Gasteiger partial charge in [0.1, 0.15) is 5.75 Å². The van der Waals surface area contributed by atoms with Gasteiger partial charge >= 0.3 is 0 Å². The summed E-state index contributed by atoms with van der Waals surface area (Å²) in [4.78, 5) is 0. The van der Waals surface area contributed by atoms with Crippen LogP contribution in [0.15, 0.2) is 42.5 Å². The molecular weight excluding hydrogens is 234 g/mol. The summed E-state index contributed by atoms with van der Waals surface area (Å²) in [5.41, 5.74) is 1.17. The molecule has 0 bridgehead atoms. The van der Waals surface area contributed by atoms with Crippen molar-refractivity contribution in [3.05, 3.63) is 59.7 Å².